The summed E-state index contributed by atoms with van der Waals surface area (Å²) in [7, 11) is 1.36. The molecule has 0 aromatic carbocycles. The Bertz CT molecular complexity index is 430. The third-order valence-corrected chi connectivity index (χ3v) is 5.05. The Balaban J connectivity index is 2.02. The third kappa shape index (κ3) is 2.74. The van der Waals surface area contributed by atoms with Crippen molar-refractivity contribution < 1.29 is 19.1 Å². The molecule has 0 aromatic rings. The lowest BCUT2D eigenvalue weighted by atomic mass is 9.30. The van der Waals surface area contributed by atoms with Gasteiger partial charge >= 0.3 is 12.1 Å². The topological polar surface area (TPSA) is 64.6 Å². The van der Waals surface area contributed by atoms with Crippen molar-refractivity contribution in [2.24, 2.45) is 16.7 Å². The quantitative estimate of drug-likeness (QED) is 0.810. The maximum atomic E-state index is 12.1. The van der Waals surface area contributed by atoms with E-state index in [0.29, 0.717) is 11.3 Å². The highest BCUT2D eigenvalue weighted by Crippen LogP contribution is 2.77. The summed E-state index contributed by atoms with van der Waals surface area (Å²) >= 11 is 0. The van der Waals surface area contributed by atoms with Crippen LogP contribution in [0, 0.1) is 16.7 Å². The minimum Gasteiger partial charge on any atom is -0.467 e. The number of alkyl carbamates (subject to hydrolysis) is 1. The molecule has 1 amide bonds. The van der Waals surface area contributed by atoms with Crippen molar-refractivity contribution in [1.82, 2.24) is 5.32 Å². The fourth-order valence-corrected chi connectivity index (χ4v) is 3.87. The van der Waals surface area contributed by atoms with Crippen LogP contribution >= 0.6 is 0 Å². The monoisotopic (exact) mass is 297 g/mol. The van der Waals surface area contributed by atoms with E-state index in [1.807, 2.05) is 0 Å². The number of hydrogen-bond acceptors (Lipinski definition) is 4. The lowest BCUT2D eigenvalue weighted by Gasteiger charge is -2.74. The summed E-state index contributed by atoms with van der Waals surface area (Å²) in [4.78, 5) is 24.0. The molecule has 0 unspecified atom stereocenters. The third-order valence-electron chi connectivity index (χ3n) is 5.05. The Labute approximate surface area is 126 Å². The molecule has 3 aliphatic rings. The van der Waals surface area contributed by atoms with Crippen molar-refractivity contribution in [3.8, 4) is 0 Å². The average molecular weight is 297 g/mol. The van der Waals surface area contributed by atoms with Crippen LogP contribution in [0.2, 0.25) is 0 Å². The molecule has 0 saturated heterocycles. The summed E-state index contributed by atoms with van der Waals surface area (Å²) in [5, 5.41) is 2.73. The maximum Gasteiger partial charge on any atom is 0.408 e. The van der Waals surface area contributed by atoms with E-state index in [0.717, 1.165) is 19.3 Å². The van der Waals surface area contributed by atoms with Gasteiger partial charge in [-0.2, -0.15) is 0 Å². The van der Waals surface area contributed by atoms with Gasteiger partial charge in [0.15, 0.2) is 0 Å². The molecular formula is C16H27NO4. The predicted molar refractivity (Wildman–Crippen MR) is 78.7 cm³/mol. The SMILES string of the molecule is COC(=O)[C@@H](NC(=O)OC(C)(C)C)C12CC(C(C)C)(C1)C2. The van der Waals surface area contributed by atoms with Crippen molar-refractivity contribution >= 4 is 12.1 Å². The zero-order valence-electron chi connectivity index (χ0n) is 13.9. The number of rotatable bonds is 4. The van der Waals surface area contributed by atoms with E-state index in [4.69, 9.17) is 9.47 Å². The van der Waals surface area contributed by atoms with E-state index in [1.165, 1.54) is 7.11 Å². The second kappa shape index (κ2) is 4.89. The van der Waals surface area contributed by atoms with Crippen molar-refractivity contribution in [3.05, 3.63) is 0 Å². The largest absolute Gasteiger partial charge is 0.467 e. The van der Waals surface area contributed by atoms with Gasteiger partial charge in [0, 0.05) is 5.41 Å². The van der Waals surface area contributed by atoms with Crippen LogP contribution in [0.1, 0.15) is 53.9 Å². The summed E-state index contributed by atoms with van der Waals surface area (Å²) in [5.74, 6) is 0.233. The van der Waals surface area contributed by atoms with Gasteiger partial charge in [-0.3, -0.25) is 0 Å². The van der Waals surface area contributed by atoms with Crippen molar-refractivity contribution in [3.63, 3.8) is 0 Å². The maximum absolute atomic E-state index is 12.1. The molecule has 0 heterocycles. The molecule has 0 spiro atoms. The number of ether oxygens (including phenoxy) is 2. The lowest BCUT2D eigenvalue weighted by Crippen LogP contribution is -2.73. The van der Waals surface area contributed by atoms with Gasteiger partial charge in [-0.05, 0) is 51.4 Å². The Hall–Kier alpha value is -1.26. The Morgan fingerprint density at radius 3 is 2.00 bits per heavy atom. The van der Waals surface area contributed by atoms with Crippen LogP contribution in [-0.2, 0) is 14.3 Å². The summed E-state index contributed by atoms with van der Waals surface area (Å²) in [6, 6.07) is -0.599. The van der Waals surface area contributed by atoms with Gasteiger partial charge in [0.05, 0.1) is 7.11 Å². The first-order chi connectivity index (χ1) is 9.54. The van der Waals surface area contributed by atoms with Gasteiger partial charge in [0.2, 0.25) is 0 Å². The molecular weight excluding hydrogens is 270 g/mol. The number of carbonyl (C=O) groups is 2. The van der Waals surface area contributed by atoms with E-state index in [-0.39, 0.29) is 11.4 Å². The first kappa shape index (κ1) is 16.1. The van der Waals surface area contributed by atoms with Crippen molar-refractivity contribution in [2.75, 3.05) is 7.11 Å². The average Bonchev–Trinajstić information content (AvgIpc) is 2.19. The molecule has 2 bridgehead atoms. The smallest absolute Gasteiger partial charge is 0.408 e. The molecule has 0 aromatic heterocycles. The van der Waals surface area contributed by atoms with Crippen molar-refractivity contribution in [1.29, 1.82) is 0 Å². The minimum absolute atomic E-state index is 0.131. The molecule has 0 radical (unpaired) electrons. The second-order valence-electron chi connectivity index (χ2n) is 8.01. The molecule has 0 aliphatic heterocycles. The summed E-state index contributed by atoms with van der Waals surface area (Å²) in [6.45, 7) is 9.84. The van der Waals surface area contributed by atoms with Crippen LogP contribution in [0.15, 0.2) is 0 Å². The van der Waals surface area contributed by atoms with Crippen molar-refractivity contribution in [2.45, 2.75) is 65.5 Å². The van der Waals surface area contributed by atoms with Gasteiger partial charge in [-0.25, -0.2) is 9.59 Å². The highest BCUT2D eigenvalue weighted by atomic mass is 16.6. The summed E-state index contributed by atoms with van der Waals surface area (Å²) in [6.07, 6.45) is 2.38. The minimum atomic E-state index is -0.599. The van der Waals surface area contributed by atoms with Gasteiger partial charge in [0.25, 0.3) is 0 Å². The van der Waals surface area contributed by atoms with Gasteiger partial charge in [-0.1, -0.05) is 13.8 Å². The van der Waals surface area contributed by atoms with E-state index in [9.17, 15) is 9.59 Å². The Morgan fingerprint density at radius 2 is 1.62 bits per heavy atom. The predicted octanol–water partition coefficient (Wildman–Crippen LogP) is 2.88. The fourth-order valence-electron chi connectivity index (χ4n) is 3.87. The number of carbonyl (C=O) groups excluding carboxylic acids is 2. The van der Waals surface area contributed by atoms with Crippen LogP contribution in [0.4, 0.5) is 4.79 Å². The van der Waals surface area contributed by atoms with Gasteiger partial charge < -0.3 is 14.8 Å². The van der Waals surface area contributed by atoms with E-state index < -0.39 is 17.7 Å². The number of nitrogens with one attached hydrogen (secondary N) is 1. The number of amides is 1. The molecule has 3 fully saturated rings. The zero-order chi connectivity index (χ0) is 16.1. The molecule has 3 aliphatic carbocycles. The molecule has 3 saturated carbocycles. The lowest BCUT2D eigenvalue weighted by molar-refractivity contribution is -0.246. The molecule has 21 heavy (non-hydrogen) atoms. The van der Waals surface area contributed by atoms with Crippen LogP contribution in [-0.4, -0.2) is 30.8 Å². The van der Waals surface area contributed by atoms with E-state index in [1.54, 1.807) is 20.8 Å². The van der Waals surface area contributed by atoms with Gasteiger partial charge in [0.1, 0.15) is 11.6 Å². The normalized spacial score (nSPS) is 31.8. The second-order valence-corrected chi connectivity index (χ2v) is 8.01. The summed E-state index contributed by atoms with van der Waals surface area (Å²) in [5.41, 5.74) is -0.348. The van der Waals surface area contributed by atoms with Crippen LogP contribution < -0.4 is 5.32 Å². The van der Waals surface area contributed by atoms with Crippen LogP contribution in [0.3, 0.4) is 0 Å². The first-order valence-corrected chi connectivity index (χ1v) is 7.61. The molecule has 120 valence electrons. The number of hydrogen-bond donors (Lipinski definition) is 1. The Kier molecular flexibility index (Phi) is 3.75. The highest BCUT2D eigenvalue weighted by molar-refractivity contribution is 5.83. The first-order valence-electron chi connectivity index (χ1n) is 7.61. The molecule has 1 N–H and O–H groups in total. The summed E-state index contributed by atoms with van der Waals surface area (Å²) < 4.78 is 10.1. The Morgan fingerprint density at radius 1 is 1.10 bits per heavy atom. The van der Waals surface area contributed by atoms with E-state index in [2.05, 4.69) is 19.2 Å². The standard InChI is InChI=1S/C16H27NO4/c1-10(2)15-7-16(8-15,9-15)11(12(18)20-6)17-13(19)21-14(3,4)5/h10-11H,7-9H2,1-6H3,(H,17,19)/t11-,15?,16?/m1/s1. The van der Waals surface area contributed by atoms with Crippen LogP contribution in [0.5, 0.6) is 0 Å². The fraction of sp³-hybridized carbons (Fsp3) is 0.875. The molecule has 5 nitrogen and oxygen atoms in total. The molecule has 3 rings (SSSR count). The molecule has 5 heteroatoms. The molecule has 1 atom stereocenters. The number of methoxy groups -OCH3 is 1. The van der Waals surface area contributed by atoms with Gasteiger partial charge in [-0.15, -0.1) is 0 Å². The number of esters is 1. The van der Waals surface area contributed by atoms with Crippen LogP contribution in [0.25, 0.3) is 0 Å². The highest BCUT2D eigenvalue weighted by Gasteiger charge is 2.72. The van der Waals surface area contributed by atoms with E-state index >= 15 is 0 Å². The zero-order valence-corrected chi connectivity index (χ0v) is 13.9.